The van der Waals surface area contributed by atoms with Gasteiger partial charge >= 0.3 is 6.18 Å². The van der Waals surface area contributed by atoms with E-state index >= 15 is 0 Å². The van der Waals surface area contributed by atoms with Gasteiger partial charge in [-0.05, 0) is 47.5 Å². The van der Waals surface area contributed by atoms with Gasteiger partial charge in [-0.2, -0.15) is 13.2 Å². The maximum absolute atomic E-state index is 12.8. The molecule has 0 aliphatic carbocycles. The number of hydrogen-bond acceptors (Lipinski definition) is 3. The molecule has 0 unspecified atom stereocenters. The largest absolute Gasteiger partial charge is 0.508 e. The molecule has 3 aromatic rings. The molecule has 4 nitrogen and oxygen atoms in total. The second kappa shape index (κ2) is 7.03. The SMILES string of the molecule is O=C(Nc1cc(O)cc(C(F)(F)F)c1)c1ccc(-c2ccc(O)cc2)cc1. The lowest BCUT2D eigenvalue weighted by Crippen LogP contribution is -2.13. The number of phenols is 2. The molecule has 27 heavy (non-hydrogen) atoms. The minimum absolute atomic E-state index is 0.138. The fourth-order valence-electron chi connectivity index (χ4n) is 2.52. The second-order valence-corrected chi connectivity index (χ2v) is 5.84. The first kappa shape index (κ1) is 18.3. The van der Waals surface area contributed by atoms with Crippen molar-refractivity contribution >= 4 is 11.6 Å². The molecule has 0 aromatic heterocycles. The standard InChI is InChI=1S/C20H14F3NO3/c21-20(22,23)15-9-16(11-18(26)10-15)24-19(27)14-3-1-12(2-4-14)13-5-7-17(25)8-6-13/h1-11,25-26H,(H,24,27). The third kappa shape index (κ3) is 4.38. The molecule has 0 atom stereocenters. The van der Waals surface area contributed by atoms with Crippen LogP contribution in [-0.2, 0) is 6.18 Å². The molecular formula is C20H14F3NO3. The highest BCUT2D eigenvalue weighted by Crippen LogP contribution is 2.34. The maximum Gasteiger partial charge on any atom is 0.416 e. The van der Waals surface area contributed by atoms with Crippen molar-refractivity contribution in [3.05, 3.63) is 77.9 Å². The average molecular weight is 373 g/mol. The van der Waals surface area contributed by atoms with Crippen molar-refractivity contribution in [3.63, 3.8) is 0 Å². The molecular weight excluding hydrogens is 359 g/mol. The Kier molecular flexibility index (Phi) is 4.77. The van der Waals surface area contributed by atoms with Crippen molar-refractivity contribution in [1.82, 2.24) is 0 Å². The number of benzene rings is 3. The molecule has 0 bridgehead atoms. The van der Waals surface area contributed by atoms with Crippen LogP contribution in [0.4, 0.5) is 18.9 Å². The number of aromatic hydroxyl groups is 2. The van der Waals surface area contributed by atoms with Gasteiger partial charge in [-0.1, -0.05) is 24.3 Å². The third-order valence-corrected chi connectivity index (χ3v) is 3.85. The van der Waals surface area contributed by atoms with E-state index in [1.165, 1.54) is 24.3 Å². The van der Waals surface area contributed by atoms with Gasteiger partial charge in [0.1, 0.15) is 11.5 Å². The zero-order valence-corrected chi connectivity index (χ0v) is 13.8. The van der Waals surface area contributed by atoms with Crippen molar-refractivity contribution in [2.75, 3.05) is 5.32 Å². The summed E-state index contributed by atoms with van der Waals surface area (Å²) < 4.78 is 38.4. The normalized spacial score (nSPS) is 11.2. The molecule has 1 amide bonds. The summed E-state index contributed by atoms with van der Waals surface area (Å²) in [6.07, 6.45) is -4.63. The Morgan fingerprint density at radius 1 is 0.778 bits per heavy atom. The Morgan fingerprint density at radius 2 is 1.33 bits per heavy atom. The van der Waals surface area contributed by atoms with Crippen molar-refractivity contribution in [1.29, 1.82) is 0 Å². The zero-order valence-electron chi connectivity index (χ0n) is 13.8. The average Bonchev–Trinajstić information content (AvgIpc) is 2.61. The summed E-state index contributed by atoms with van der Waals surface area (Å²) in [4.78, 5) is 12.3. The highest BCUT2D eigenvalue weighted by molar-refractivity contribution is 6.04. The van der Waals surface area contributed by atoms with E-state index in [-0.39, 0.29) is 17.0 Å². The molecule has 3 N–H and O–H groups in total. The number of halogens is 3. The summed E-state index contributed by atoms with van der Waals surface area (Å²) in [5.41, 5.74) is 0.677. The minimum Gasteiger partial charge on any atom is -0.508 e. The lowest BCUT2D eigenvalue weighted by Gasteiger charge is -2.11. The molecule has 3 rings (SSSR count). The van der Waals surface area contributed by atoms with Crippen LogP contribution in [0.3, 0.4) is 0 Å². The van der Waals surface area contributed by atoms with Gasteiger partial charge in [-0.25, -0.2) is 0 Å². The van der Waals surface area contributed by atoms with E-state index in [1.807, 2.05) is 0 Å². The summed E-state index contributed by atoms with van der Waals surface area (Å²) in [7, 11) is 0. The molecule has 0 spiro atoms. The van der Waals surface area contributed by atoms with Gasteiger partial charge in [-0.15, -0.1) is 0 Å². The molecule has 0 saturated heterocycles. The minimum atomic E-state index is -4.63. The molecule has 0 heterocycles. The summed E-state index contributed by atoms with van der Waals surface area (Å²) in [5, 5.41) is 21.1. The first-order chi connectivity index (χ1) is 12.7. The number of carbonyl (C=O) groups is 1. The number of hydrogen-bond donors (Lipinski definition) is 3. The molecule has 0 radical (unpaired) electrons. The zero-order chi connectivity index (χ0) is 19.6. The Labute approximate surface area is 152 Å². The number of amides is 1. The second-order valence-electron chi connectivity index (χ2n) is 5.84. The van der Waals surface area contributed by atoms with Crippen LogP contribution in [0.15, 0.2) is 66.7 Å². The topological polar surface area (TPSA) is 69.6 Å². The molecule has 138 valence electrons. The van der Waals surface area contributed by atoms with Crippen LogP contribution in [0, 0.1) is 0 Å². The number of carbonyl (C=O) groups excluding carboxylic acids is 1. The van der Waals surface area contributed by atoms with Gasteiger partial charge in [-0.3, -0.25) is 4.79 Å². The van der Waals surface area contributed by atoms with E-state index in [2.05, 4.69) is 5.32 Å². The fraction of sp³-hybridized carbons (Fsp3) is 0.0500. The van der Waals surface area contributed by atoms with E-state index in [9.17, 15) is 28.2 Å². The van der Waals surface area contributed by atoms with E-state index < -0.39 is 23.4 Å². The predicted molar refractivity (Wildman–Crippen MR) is 94.6 cm³/mol. The van der Waals surface area contributed by atoms with Crippen LogP contribution in [0.5, 0.6) is 11.5 Å². The summed E-state index contributed by atoms with van der Waals surface area (Å²) in [6, 6.07) is 15.3. The van der Waals surface area contributed by atoms with E-state index in [0.717, 1.165) is 23.3 Å². The van der Waals surface area contributed by atoms with E-state index in [4.69, 9.17) is 0 Å². The Morgan fingerprint density at radius 3 is 1.89 bits per heavy atom. The van der Waals surface area contributed by atoms with Gasteiger partial charge < -0.3 is 15.5 Å². The Bertz CT molecular complexity index is 965. The van der Waals surface area contributed by atoms with Crippen LogP contribution >= 0.6 is 0 Å². The molecule has 0 aliphatic heterocycles. The van der Waals surface area contributed by atoms with Gasteiger partial charge in [0.05, 0.1) is 5.56 Å². The molecule has 0 saturated carbocycles. The highest BCUT2D eigenvalue weighted by Gasteiger charge is 2.31. The van der Waals surface area contributed by atoms with Crippen LogP contribution in [-0.4, -0.2) is 16.1 Å². The Hall–Kier alpha value is -3.48. The van der Waals surface area contributed by atoms with Crippen LogP contribution < -0.4 is 5.32 Å². The van der Waals surface area contributed by atoms with Gasteiger partial charge in [0.25, 0.3) is 5.91 Å². The molecule has 7 heteroatoms. The smallest absolute Gasteiger partial charge is 0.416 e. The number of rotatable bonds is 3. The maximum atomic E-state index is 12.8. The number of alkyl halides is 3. The summed E-state index contributed by atoms with van der Waals surface area (Å²) >= 11 is 0. The number of anilines is 1. The van der Waals surface area contributed by atoms with E-state index in [0.29, 0.717) is 6.07 Å². The molecule has 0 fully saturated rings. The van der Waals surface area contributed by atoms with E-state index in [1.54, 1.807) is 24.3 Å². The highest BCUT2D eigenvalue weighted by atomic mass is 19.4. The lowest BCUT2D eigenvalue weighted by atomic mass is 10.0. The Balaban J connectivity index is 1.79. The van der Waals surface area contributed by atoms with Crippen LogP contribution in [0.2, 0.25) is 0 Å². The third-order valence-electron chi connectivity index (χ3n) is 3.85. The quantitative estimate of drug-likeness (QED) is 0.603. The first-order valence-electron chi connectivity index (χ1n) is 7.84. The van der Waals surface area contributed by atoms with Gasteiger partial charge in [0, 0.05) is 17.3 Å². The predicted octanol–water partition coefficient (Wildman–Crippen LogP) is 5.04. The van der Waals surface area contributed by atoms with Gasteiger partial charge in [0.2, 0.25) is 0 Å². The van der Waals surface area contributed by atoms with Gasteiger partial charge in [0.15, 0.2) is 0 Å². The van der Waals surface area contributed by atoms with Crippen molar-refractivity contribution in [2.24, 2.45) is 0 Å². The summed E-state index contributed by atoms with van der Waals surface area (Å²) in [5.74, 6) is -1.06. The monoisotopic (exact) mass is 373 g/mol. The number of nitrogens with one attached hydrogen (secondary N) is 1. The fourth-order valence-corrected chi connectivity index (χ4v) is 2.52. The number of phenolic OH excluding ortho intramolecular Hbond substituents is 2. The lowest BCUT2D eigenvalue weighted by molar-refractivity contribution is -0.137. The van der Waals surface area contributed by atoms with Crippen LogP contribution in [0.25, 0.3) is 11.1 Å². The van der Waals surface area contributed by atoms with Crippen LogP contribution in [0.1, 0.15) is 15.9 Å². The van der Waals surface area contributed by atoms with Crippen molar-refractivity contribution < 1.29 is 28.2 Å². The van der Waals surface area contributed by atoms with Crippen molar-refractivity contribution in [2.45, 2.75) is 6.18 Å². The van der Waals surface area contributed by atoms with Crippen molar-refractivity contribution in [3.8, 4) is 22.6 Å². The summed E-state index contributed by atoms with van der Waals surface area (Å²) in [6.45, 7) is 0. The molecule has 0 aliphatic rings. The molecule has 3 aromatic carbocycles. The first-order valence-corrected chi connectivity index (χ1v) is 7.84.